The largest absolute Gasteiger partial charge is 0.493 e. The molecule has 0 aliphatic carbocycles. The zero-order valence-corrected chi connectivity index (χ0v) is 17.3. The van der Waals surface area contributed by atoms with Gasteiger partial charge in [0.15, 0.2) is 11.5 Å². The van der Waals surface area contributed by atoms with Crippen LogP contribution in [0.15, 0.2) is 36.7 Å². The van der Waals surface area contributed by atoms with Crippen molar-refractivity contribution in [2.75, 3.05) is 33.6 Å². The van der Waals surface area contributed by atoms with Crippen molar-refractivity contribution in [1.82, 2.24) is 25.1 Å². The van der Waals surface area contributed by atoms with Crippen LogP contribution in [0.25, 0.3) is 5.69 Å². The molecule has 0 radical (unpaired) electrons. The summed E-state index contributed by atoms with van der Waals surface area (Å²) in [5.41, 5.74) is 2.59. The molecular weight excluding hydrogens is 388 g/mol. The minimum absolute atomic E-state index is 0.281. The van der Waals surface area contributed by atoms with Crippen molar-refractivity contribution in [1.29, 1.82) is 0 Å². The highest BCUT2D eigenvalue weighted by Gasteiger charge is 2.20. The molecule has 3 aromatic rings. The van der Waals surface area contributed by atoms with E-state index >= 15 is 0 Å². The Kier molecular flexibility index (Phi) is 5.95. The number of nitrogens with zero attached hydrogens (tertiary/aromatic N) is 5. The maximum Gasteiger partial charge on any atom is 0.255 e. The number of tetrazole rings is 1. The fourth-order valence-corrected chi connectivity index (χ4v) is 2.92. The SMILES string of the molecule is COc1cc(NC(=O)c2ccc(-n3cnnn3)c(C)c2)c(C(=O)N(C)C)cc1OC. The minimum atomic E-state index is -0.374. The number of nitrogens with one attached hydrogen (secondary N) is 1. The molecule has 0 aliphatic rings. The Hall–Kier alpha value is -3.95. The molecule has 0 fully saturated rings. The highest BCUT2D eigenvalue weighted by Crippen LogP contribution is 2.34. The smallest absolute Gasteiger partial charge is 0.255 e. The number of amides is 2. The summed E-state index contributed by atoms with van der Waals surface area (Å²) in [7, 11) is 6.23. The minimum Gasteiger partial charge on any atom is -0.493 e. The number of anilines is 1. The Morgan fingerprint density at radius 3 is 2.33 bits per heavy atom. The van der Waals surface area contributed by atoms with Crippen LogP contribution in [0, 0.1) is 6.92 Å². The zero-order valence-electron chi connectivity index (χ0n) is 17.3. The van der Waals surface area contributed by atoms with Crippen LogP contribution < -0.4 is 14.8 Å². The van der Waals surface area contributed by atoms with Crippen LogP contribution in [0.3, 0.4) is 0 Å². The third kappa shape index (κ3) is 4.07. The van der Waals surface area contributed by atoms with Crippen molar-refractivity contribution in [3.63, 3.8) is 0 Å². The van der Waals surface area contributed by atoms with Gasteiger partial charge in [0.1, 0.15) is 6.33 Å². The Labute approximate surface area is 173 Å². The molecule has 0 saturated carbocycles. The Morgan fingerprint density at radius 1 is 1.07 bits per heavy atom. The summed E-state index contributed by atoms with van der Waals surface area (Å²) in [6, 6.07) is 8.24. The number of carbonyl (C=O) groups is 2. The average Bonchev–Trinajstić information content (AvgIpc) is 3.27. The molecule has 1 heterocycles. The Morgan fingerprint density at radius 2 is 1.77 bits per heavy atom. The van der Waals surface area contributed by atoms with Crippen LogP contribution in [0.4, 0.5) is 5.69 Å². The molecule has 2 amide bonds. The first-order chi connectivity index (χ1) is 14.3. The Bertz CT molecular complexity index is 1080. The lowest BCUT2D eigenvalue weighted by Gasteiger charge is -2.18. The highest BCUT2D eigenvalue weighted by atomic mass is 16.5. The maximum absolute atomic E-state index is 12.9. The van der Waals surface area contributed by atoms with Gasteiger partial charge in [-0.2, -0.15) is 0 Å². The van der Waals surface area contributed by atoms with E-state index in [0.717, 1.165) is 11.3 Å². The Balaban J connectivity index is 1.96. The van der Waals surface area contributed by atoms with E-state index in [0.29, 0.717) is 22.7 Å². The van der Waals surface area contributed by atoms with E-state index in [9.17, 15) is 9.59 Å². The van der Waals surface area contributed by atoms with Gasteiger partial charge in [0.25, 0.3) is 11.8 Å². The van der Waals surface area contributed by atoms with Crippen LogP contribution in [-0.4, -0.2) is 65.2 Å². The highest BCUT2D eigenvalue weighted by molar-refractivity contribution is 6.09. The lowest BCUT2D eigenvalue weighted by atomic mass is 10.1. The van der Waals surface area contributed by atoms with Gasteiger partial charge in [0.2, 0.25) is 0 Å². The average molecular weight is 410 g/mol. The summed E-state index contributed by atoms with van der Waals surface area (Å²) in [6.07, 6.45) is 1.48. The van der Waals surface area contributed by atoms with Crippen LogP contribution in [0.5, 0.6) is 11.5 Å². The summed E-state index contributed by atoms with van der Waals surface area (Å²) in [6.45, 7) is 1.85. The molecule has 2 aromatic carbocycles. The molecule has 10 nitrogen and oxygen atoms in total. The molecule has 1 N–H and O–H groups in total. The van der Waals surface area contributed by atoms with Crippen LogP contribution in [0.1, 0.15) is 26.3 Å². The number of aryl methyl sites for hydroxylation is 1. The van der Waals surface area contributed by atoms with Gasteiger partial charge in [-0.1, -0.05) is 0 Å². The molecule has 0 unspecified atom stereocenters. The number of methoxy groups -OCH3 is 2. The first-order valence-corrected chi connectivity index (χ1v) is 8.98. The summed E-state index contributed by atoms with van der Waals surface area (Å²) in [5.74, 6) is 0.133. The first-order valence-electron chi connectivity index (χ1n) is 8.98. The van der Waals surface area contributed by atoms with Crippen molar-refractivity contribution in [2.45, 2.75) is 6.92 Å². The molecule has 156 valence electrons. The van der Waals surface area contributed by atoms with Gasteiger partial charge in [-0.3, -0.25) is 9.59 Å². The summed E-state index contributed by atoms with van der Waals surface area (Å²) in [4.78, 5) is 27.0. The number of ether oxygens (including phenoxy) is 2. The van der Waals surface area contributed by atoms with Crippen molar-refractivity contribution < 1.29 is 19.1 Å². The number of hydrogen-bond donors (Lipinski definition) is 1. The number of hydrogen-bond acceptors (Lipinski definition) is 7. The number of aromatic nitrogens is 4. The third-order valence-electron chi connectivity index (χ3n) is 4.46. The van der Waals surface area contributed by atoms with Crippen molar-refractivity contribution in [3.8, 4) is 17.2 Å². The molecular formula is C20H22N6O4. The monoisotopic (exact) mass is 410 g/mol. The second kappa shape index (κ2) is 8.60. The number of benzene rings is 2. The fourth-order valence-electron chi connectivity index (χ4n) is 2.92. The van der Waals surface area contributed by atoms with Gasteiger partial charge < -0.3 is 19.7 Å². The molecule has 0 saturated heterocycles. The fraction of sp³-hybridized carbons (Fsp3) is 0.250. The van der Waals surface area contributed by atoms with Gasteiger partial charge >= 0.3 is 0 Å². The van der Waals surface area contributed by atoms with E-state index < -0.39 is 0 Å². The quantitative estimate of drug-likeness (QED) is 0.661. The third-order valence-corrected chi connectivity index (χ3v) is 4.46. The van der Waals surface area contributed by atoms with Crippen molar-refractivity contribution >= 4 is 17.5 Å². The zero-order chi connectivity index (χ0) is 21.8. The van der Waals surface area contributed by atoms with E-state index in [1.807, 2.05) is 6.92 Å². The van der Waals surface area contributed by atoms with Gasteiger partial charge in [-0.25, -0.2) is 4.68 Å². The van der Waals surface area contributed by atoms with E-state index in [-0.39, 0.29) is 17.4 Å². The van der Waals surface area contributed by atoms with E-state index in [4.69, 9.17) is 9.47 Å². The van der Waals surface area contributed by atoms with E-state index in [1.165, 1.54) is 30.1 Å². The topological polar surface area (TPSA) is 111 Å². The van der Waals surface area contributed by atoms with Gasteiger partial charge in [0.05, 0.1) is 31.2 Å². The summed E-state index contributed by atoms with van der Waals surface area (Å²) >= 11 is 0. The van der Waals surface area contributed by atoms with Crippen LogP contribution in [0.2, 0.25) is 0 Å². The molecule has 30 heavy (non-hydrogen) atoms. The van der Waals surface area contributed by atoms with Crippen molar-refractivity contribution in [2.24, 2.45) is 0 Å². The lowest BCUT2D eigenvalue weighted by Crippen LogP contribution is -2.24. The standard InChI is InChI=1S/C20H22N6O4/c1-12-8-13(6-7-16(12)26-11-21-23-24-26)19(27)22-15-10-18(30-5)17(29-4)9-14(15)20(28)25(2)3/h6-11H,1-5H3,(H,22,27). The second-order valence-corrected chi connectivity index (χ2v) is 6.66. The van der Waals surface area contributed by atoms with E-state index in [1.54, 1.807) is 44.4 Å². The molecule has 0 bridgehead atoms. The van der Waals surface area contributed by atoms with Gasteiger partial charge in [-0.15, -0.1) is 5.10 Å². The molecule has 0 aliphatic heterocycles. The lowest BCUT2D eigenvalue weighted by molar-refractivity contribution is 0.0828. The molecule has 3 rings (SSSR count). The molecule has 1 aromatic heterocycles. The molecule has 0 spiro atoms. The number of rotatable bonds is 6. The second-order valence-electron chi connectivity index (χ2n) is 6.66. The first kappa shape index (κ1) is 20.8. The molecule has 10 heteroatoms. The van der Waals surface area contributed by atoms with Gasteiger partial charge in [0, 0.05) is 25.7 Å². The summed E-state index contributed by atoms with van der Waals surface area (Å²) in [5, 5.41) is 13.9. The predicted molar refractivity (Wildman–Crippen MR) is 109 cm³/mol. The normalized spacial score (nSPS) is 10.4. The van der Waals surface area contributed by atoms with Crippen molar-refractivity contribution in [3.05, 3.63) is 53.3 Å². The predicted octanol–water partition coefficient (Wildman–Crippen LogP) is 1.94. The van der Waals surface area contributed by atoms with E-state index in [2.05, 4.69) is 20.8 Å². The molecule has 0 atom stereocenters. The maximum atomic E-state index is 12.9. The van der Waals surface area contributed by atoms with Crippen LogP contribution in [-0.2, 0) is 0 Å². The summed E-state index contributed by atoms with van der Waals surface area (Å²) < 4.78 is 12.1. The van der Waals surface area contributed by atoms with Crippen LogP contribution >= 0.6 is 0 Å². The number of carbonyl (C=O) groups excluding carboxylic acids is 2. The van der Waals surface area contributed by atoms with Gasteiger partial charge in [-0.05, 0) is 47.2 Å².